The number of hydrogen-bond donors (Lipinski definition) is 0. The number of furan rings is 1. The van der Waals surface area contributed by atoms with Crippen LogP contribution < -0.4 is 0 Å². The third kappa shape index (κ3) is 2.14. The van der Waals surface area contributed by atoms with Gasteiger partial charge < -0.3 is 4.42 Å². The summed E-state index contributed by atoms with van der Waals surface area (Å²) in [6.45, 7) is 0. The summed E-state index contributed by atoms with van der Waals surface area (Å²) < 4.78 is 20.1. The Morgan fingerprint density at radius 3 is 2.43 bits per heavy atom. The first-order chi connectivity index (χ1) is 10.2. The van der Waals surface area contributed by atoms with Gasteiger partial charge in [-0.3, -0.25) is 0 Å². The summed E-state index contributed by atoms with van der Waals surface area (Å²) in [6.07, 6.45) is 0. The van der Waals surface area contributed by atoms with Crippen molar-refractivity contribution in [1.29, 1.82) is 0 Å². The molecule has 0 aliphatic rings. The second-order valence-corrected chi connectivity index (χ2v) is 5.88. The van der Waals surface area contributed by atoms with Crippen molar-refractivity contribution in [2.45, 2.75) is 0 Å². The number of hydrogen-bond acceptors (Lipinski definition) is 1. The molecule has 0 radical (unpaired) electrons. The summed E-state index contributed by atoms with van der Waals surface area (Å²) in [6, 6.07) is 18.8. The van der Waals surface area contributed by atoms with Gasteiger partial charge in [0.15, 0.2) is 0 Å². The Morgan fingerprint density at radius 1 is 0.762 bits per heavy atom. The molecule has 0 unspecified atom stereocenters. The average Bonchev–Trinajstić information content (AvgIpc) is 2.84. The molecule has 0 bridgehead atoms. The Kier molecular flexibility index (Phi) is 2.82. The van der Waals surface area contributed by atoms with Crippen LogP contribution in [0.15, 0.2) is 69.6 Å². The topological polar surface area (TPSA) is 13.1 Å². The molecule has 4 aromatic rings. The summed E-state index contributed by atoms with van der Waals surface area (Å²) in [4.78, 5) is 0. The van der Waals surface area contributed by atoms with Crippen LogP contribution in [-0.2, 0) is 0 Å². The fourth-order valence-corrected chi connectivity index (χ4v) is 3.09. The van der Waals surface area contributed by atoms with E-state index in [1.807, 2.05) is 48.5 Å². The second-order valence-electron chi connectivity index (χ2n) is 4.97. The highest BCUT2D eigenvalue weighted by atomic mass is 79.9. The van der Waals surface area contributed by atoms with E-state index in [0.717, 1.165) is 37.5 Å². The quantitative estimate of drug-likeness (QED) is 0.404. The molecule has 3 heteroatoms. The molecule has 1 aromatic heterocycles. The molecule has 1 heterocycles. The molecule has 4 rings (SSSR count). The SMILES string of the molecule is Fc1cc(Br)cc(-c2ccc3oc4ccccc4c3c2)c1. The van der Waals surface area contributed by atoms with Gasteiger partial charge in [0.25, 0.3) is 0 Å². The summed E-state index contributed by atoms with van der Waals surface area (Å²) in [7, 11) is 0. The van der Waals surface area contributed by atoms with Crippen molar-refractivity contribution in [2.24, 2.45) is 0 Å². The van der Waals surface area contributed by atoms with Gasteiger partial charge >= 0.3 is 0 Å². The zero-order chi connectivity index (χ0) is 14.4. The molecule has 0 aliphatic carbocycles. The maximum absolute atomic E-state index is 13.6. The summed E-state index contributed by atoms with van der Waals surface area (Å²) in [5.74, 6) is -0.253. The van der Waals surface area contributed by atoms with Crippen LogP contribution in [0.1, 0.15) is 0 Å². The fourth-order valence-electron chi connectivity index (χ4n) is 2.63. The van der Waals surface area contributed by atoms with Crippen molar-refractivity contribution in [3.63, 3.8) is 0 Å². The van der Waals surface area contributed by atoms with Crippen molar-refractivity contribution in [3.8, 4) is 11.1 Å². The zero-order valence-electron chi connectivity index (χ0n) is 10.9. The molecule has 0 N–H and O–H groups in total. The number of benzene rings is 3. The van der Waals surface area contributed by atoms with Crippen molar-refractivity contribution in [3.05, 3.63) is 71.0 Å². The minimum absolute atomic E-state index is 0.253. The van der Waals surface area contributed by atoms with Gasteiger partial charge in [0.1, 0.15) is 17.0 Å². The molecule has 0 spiro atoms. The number of para-hydroxylation sites is 1. The van der Waals surface area contributed by atoms with Gasteiger partial charge in [-0.25, -0.2) is 4.39 Å². The third-order valence-electron chi connectivity index (χ3n) is 3.57. The maximum Gasteiger partial charge on any atom is 0.135 e. The first-order valence-corrected chi connectivity index (χ1v) is 7.38. The molecule has 0 saturated carbocycles. The second kappa shape index (κ2) is 4.71. The van der Waals surface area contributed by atoms with E-state index in [0.29, 0.717) is 0 Å². The molecule has 0 aliphatic heterocycles. The van der Waals surface area contributed by atoms with Crippen LogP contribution in [0.2, 0.25) is 0 Å². The summed E-state index contributed by atoms with van der Waals surface area (Å²) in [5, 5.41) is 2.12. The van der Waals surface area contributed by atoms with Crippen molar-refractivity contribution >= 4 is 37.9 Å². The van der Waals surface area contributed by atoms with Gasteiger partial charge in [-0.1, -0.05) is 40.2 Å². The Labute approximate surface area is 129 Å². The lowest BCUT2D eigenvalue weighted by Gasteiger charge is -2.03. The Balaban J connectivity index is 1.99. The highest BCUT2D eigenvalue weighted by Gasteiger charge is 2.08. The Hall–Kier alpha value is -2.13. The predicted molar refractivity (Wildman–Crippen MR) is 86.8 cm³/mol. The van der Waals surface area contributed by atoms with E-state index < -0.39 is 0 Å². The molecule has 0 fully saturated rings. The largest absolute Gasteiger partial charge is 0.456 e. The summed E-state index contributed by atoms with van der Waals surface area (Å²) in [5.41, 5.74) is 3.52. The van der Waals surface area contributed by atoms with Gasteiger partial charge in [-0.2, -0.15) is 0 Å². The van der Waals surface area contributed by atoms with E-state index in [4.69, 9.17) is 4.42 Å². The van der Waals surface area contributed by atoms with Crippen molar-refractivity contribution in [1.82, 2.24) is 0 Å². The normalized spacial score (nSPS) is 11.3. The maximum atomic E-state index is 13.6. The molecular weight excluding hydrogens is 331 g/mol. The van der Waals surface area contributed by atoms with Crippen molar-refractivity contribution < 1.29 is 8.81 Å². The first kappa shape index (κ1) is 12.6. The standard InChI is InChI=1S/C18H10BrFO/c19-13-7-12(8-14(20)10-13)11-5-6-18-16(9-11)15-3-1-2-4-17(15)21-18/h1-10H. The molecule has 102 valence electrons. The molecular formula is C18H10BrFO. The lowest BCUT2D eigenvalue weighted by Crippen LogP contribution is -1.81. The van der Waals surface area contributed by atoms with Crippen LogP contribution in [0, 0.1) is 5.82 Å². The van der Waals surface area contributed by atoms with Gasteiger partial charge in [-0.05, 0) is 47.5 Å². The Morgan fingerprint density at radius 2 is 1.57 bits per heavy atom. The van der Waals surface area contributed by atoms with E-state index in [1.54, 1.807) is 0 Å². The van der Waals surface area contributed by atoms with E-state index >= 15 is 0 Å². The molecule has 1 nitrogen and oxygen atoms in total. The van der Waals surface area contributed by atoms with E-state index in [1.165, 1.54) is 12.1 Å². The molecule has 21 heavy (non-hydrogen) atoms. The van der Waals surface area contributed by atoms with Crippen LogP contribution >= 0.6 is 15.9 Å². The molecule has 0 amide bonds. The van der Waals surface area contributed by atoms with Crippen LogP contribution in [0.5, 0.6) is 0 Å². The van der Waals surface area contributed by atoms with E-state index in [9.17, 15) is 4.39 Å². The van der Waals surface area contributed by atoms with Crippen LogP contribution in [-0.4, -0.2) is 0 Å². The fraction of sp³-hybridized carbons (Fsp3) is 0. The zero-order valence-corrected chi connectivity index (χ0v) is 12.5. The minimum Gasteiger partial charge on any atom is -0.456 e. The smallest absolute Gasteiger partial charge is 0.135 e. The number of fused-ring (bicyclic) bond motifs is 3. The van der Waals surface area contributed by atoms with Gasteiger partial charge in [0.2, 0.25) is 0 Å². The monoisotopic (exact) mass is 340 g/mol. The van der Waals surface area contributed by atoms with Crippen LogP contribution in [0.3, 0.4) is 0 Å². The number of halogens is 2. The first-order valence-electron chi connectivity index (χ1n) is 6.58. The van der Waals surface area contributed by atoms with Crippen LogP contribution in [0.25, 0.3) is 33.1 Å². The number of rotatable bonds is 1. The highest BCUT2D eigenvalue weighted by Crippen LogP contribution is 2.33. The minimum atomic E-state index is -0.253. The van der Waals surface area contributed by atoms with E-state index in [-0.39, 0.29) is 5.82 Å². The lowest BCUT2D eigenvalue weighted by molar-refractivity contribution is 0.627. The summed E-state index contributed by atoms with van der Waals surface area (Å²) >= 11 is 3.33. The van der Waals surface area contributed by atoms with Gasteiger partial charge in [-0.15, -0.1) is 0 Å². The van der Waals surface area contributed by atoms with Crippen LogP contribution in [0.4, 0.5) is 4.39 Å². The Bertz CT molecular complexity index is 951. The predicted octanol–water partition coefficient (Wildman–Crippen LogP) is 6.15. The highest BCUT2D eigenvalue weighted by molar-refractivity contribution is 9.10. The lowest BCUT2D eigenvalue weighted by atomic mass is 10.0. The van der Waals surface area contributed by atoms with Crippen molar-refractivity contribution in [2.75, 3.05) is 0 Å². The third-order valence-corrected chi connectivity index (χ3v) is 4.03. The van der Waals surface area contributed by atoms with E-state index in [2.05, 4.69) is 15.9 Å². The molecule has 0 atom stereocenters. The van der Waals surface area contributed by atoms with Gasteiger partial charge in [0.05, 0.1) is 0 Å². The van der Waals surface area contributed by atoms with Gasteiger partial charge in [0, 0.05) is 15.2 Å². The molecule has 0 saturated heterocycles. The molecule has 3 aromatic carbocycles. The average molecular weight is 341 g/mol.